The Morgan fingerprint density at radius 3 is 1.91 bits per heavy atom. The molecule has 0 aromatic carbocycles. The standard InChI is InChI=1S/C22H44/c1-11-14-22(10,20(7)19(6)16-17(3)4)21(8,9)15-13-18(5)12-2/h11,14,17-20H,12-13,15-16H2,1-10H3. The van der Waals surface area contributed by atoms with Crippen molar-refractivity contribution in [2.45, 2.75) is 94.9 Å². The average Bonchev–Trinajstić information content (AvgIpc) is 2.43. The number of rotatable bonds is 10. The first-order valence-corrected chi connectivity index (χ1v) is 9.65. The van der Waals surface area contributed by atoms with Gasteiger partial charge in [-0.3, -0.25) is 0 Å². The Morgan fingerprint density at radius 2 is 1.50 bits per heavy atom. The van der Waals surface area contributed by atoms with Crippen LogP contribution in [0.3, 0.4) is 0 Å². The molecule has 4 atom stereocenters. The van der Waals surface area contributed by atoms with Gasteiger partial charge >= 0.3 is 0 Å². The van der Waals surface area contributed by atoms with E-state index in [-0.39, 0.29) is 5.41 Å². The van der Waals surface area contributed by atoms with Gasteiger partial charge in [0.15, 0.2) is 0 Å². The topological polar surface area (TPSA) is 0 Å². The highest BCUT2D eigenvalue weighted by Crippen LogP contribution is 2.52. The monoisotopic (exact) mass is 308 g/mol. The molecule has 0 aliphatic rings. The van der Waals surface area contributed by atoms with E-state index in [4.69, 9.17) is 0 Å². The molecule has 132 valence electrons. The quantitative estimate of drug-likeness (QED) is 0.362. The second kappa shape index (κ2) is 9.14. The maximum Gasteiger partial charge on any atom is -0.00674 e. The van der Waals surface area contributed by atoms with Crippen molar-refractivity contribution in [2.75, 3.05) is 0 Å². The van der Waals surface area contributed by atoms with Gasteiger partial charge in [0.05, 0.1) is 0 Å². The highest BCUT2D eigenvalue weighted by atomic mass is 14.5. The fourth-order valence-electron chi connectivity index (χ4n) is 3.96. The van der Waals surface area contributed by atoms with Crippen LogP contribution in [0.25, 0.3) is 0 Å². The zero-order chi connectivity index (χ0) is 17.6. The molecule has 0 N–H and O–H groups in total. The van der Waals surface area contributed by atoms with E-state index in [1.807, 2.05) is 0 Å². The molecule has 0 aromatic rings. The summed E-state index contributed by atoms with van der Waals surface area (Å²) in [6, 6.07) is 0. The predicted octanol–water partition coefficient (Wildman–Crippen LogP) is 7.74. The molecule has 0 heteroatoms. The summed E-state index contributed by atoms with van der Waals surface area (Å²) in [6.45, 7) is 24.0. The fraction of sp³-hybridized carbons (Fsp3) is 0.909. The van der Waals surface area contributed by atoms with Crippen LogP contribution >= 0.6 is 0 Å². The molecule has 0 spiro atoms. The molecule has 0 aliphatic carbocycles. The van der Waals surface area contributed by atoms with E-state index in [0.717, 1.165) is 17.8 Å². The zero-order valence-electron chi connectivity index (χ0n) is 17.3. The van der Waals surface area contributed by atoms with Crippen LogP contribution in [0.15, 0.2) is 12.2 Å². The Hall–Kier alpha value is -0.260. The highest BCUT2D eigenvalue weighted by Gasteiger charge is 2.44. The highest BCUT2D eigenvalue weighted by molar-refractivity contribution is 5.07. The van der Waals surface area contributed by atoms with Gasteiger partial charge in [-0.2, -0.15) is 0 Å². The van der Waals surface area contributed by atoms with E-state index in [1.54, 1.807) is 0 Å². The molecule has 0 rings (SSSR count). The summed E-state index contributed by atoms with van der Waals surface area (Å²) in [5.41, 5.74) is 0.608. The van der Waals surface area contributed by atoms with E-state index in [2.05, 4.69) is 81.4 Å². The van der Waals surface area contributed by atoms with Crippen molar-refractivity contribution in [3.05, 3.63) is 12.2 Å². The SMILES string of the molecule is CC=CC(C)(C(C)C(C)CC(C)C)C(C)(C)CCC(C)CC. The van der Waals surface area contributed by atoms with Crippen LogP contribution in [0.4, 0.5) is 0 Å². The lowest BCUT2D eigenvalue weighted by molar-refractivity contribution is 0.0325. The molecule has 22 heavy (non-hydrogen) atoms. The summed E-state index contributed by atoms with van der Waals surface area (Å²) in [5.74, 6) is 3.11. The first kappa shape index (κ1) is 21.7. The van der Waals surface area contributed by atoms with Gasteiger partial charge in [-0.05, 0) is 54.3 Å². The average molecular weight is 309 g/mol. The van der Waals surface area contributed by atoms with Crippen LogP contribution in [0.1, 0.15) is 94.9 Å². The number of allylic oxidation sites excluding steroid dienone is 2. The number of hydrogen-bond donors (Lipinski definition) is 0. The van der Waals surface area contributed by atoms with Crippen LogP contribution < -0.4 is 0 Å². The lowest BCUT2D eigenvalue weighted by atomic mass is 9.55. The summed E-state index contributed by atoms with van der Waals surface area (Å²) < 4.78 is 0. The van der Waals surface area contributed by atoms with Gasteiger partial charge in [0.25, 0.3) is 0 Å². The summed E-state index contributed by atoms with van der Waals surface area (Å²) in [4.78, 5) is 0. The molecule has 0 radical (unpaired) electrons. The van der Waals surface area contributed by atoms with E-state index in [1.165, 1.54) is 25.7 Å². The Bertz CT molecular complexity index is 323. The van der Waals surface area contributed by atoms with Crippen LogP contribution in [0.2, 0.25) is 0 Å². The molecule has 0 bridgehead atoms. The van der Waals surface area contributed by atoms with Gasteiger partial charge in [0.2, 0.25) is 0 Å². The minimum Gasteiger partial charge on any atom is -0.0911 e. The maximum absolute atomic E-state index is 2.51. The van der Waals surface area contributed by atoms with Crippen LogP contribution in [0.5, 0.6) is 0 Å². The van der Waals surface area contributed by atoms with Crippen molar-refractivity contribution >= 4 is 0 Å². The van der Waals surface area contributed by atoms with Gasteiger partial charge in [-0.1, -0.05) is 87.3 Å². The molecule has 0 saturated heterocycles. The first-order chi connectivity index (χ1) is 10.0. The molecule has 0 nitrogen and oxygen atoms in total. The van der Waals surface area contributed by atoms with Gasteiger partial charge in [-0.25, -0.2) is 0 Å². The van der Waals surface area contributed by atoms with E-state index in [9.17, 15) is 0 Å². The number of hydrogen-bond acceptors (Lipinski definition) is 0. The maximum atomic E-state index is 2.51. The molecule has 0 saturated carbocycles. The second-order valence-corrected chi connectivity index (χ2v) is 9.11. The van der Waals surface area contributed by atoms with E-state index < -0.39 is 0 Å². The lowest BCUT2D eigenvalue weighted by Crippen LogP contribution is -2.42. The molecule has 4 unspecified atom stereocenters. The third-order valence-corrected chi connectivity index (χ3v) is 6.57. The lowest BCUT2D eigenvalue weighted by Gasteiger charge is -2.49. The smallest absolute Gasteiger partial charge is 0.00674 e. The third-order valence-electron chi connectivity index (χ3n) is 6.57. The summed E-state index contributed by atoms with van der Waals surface area (Å²) in [5, 5.41) is 0. The summed E-state index contributed by atoms with van der Waals surface area (Å²) in [6.07, 6.45) is 10.1. The molecule has 0 aliphatic heterocycles. The van der Waals surface area contributed by atoms with Crippen molar-refractivity contribution in [1.82, 2.24) is 0 Å². The normalized spacial score (nSPS) is 20.1. The van der Waals surface area contributed by atoms with E-state index >= 15 is 0 Å². The molecule has 0 aromatic heterocycles. The minimum atomic E-state index is 0.267. The molecular weight excluding hydrogens is 264 g/mol. The molecule has 0 amide bonds. The molecule has 0 heterocycles. The van der Waals surface area contributed by atoms with Crippen molar-refractivity contribution in [3.8, 4) is 0 Å². The largest absolute Gasteiger partial charge is 0.0911 e. The molecular formula is C22H44. The van der Waals surface area contributed by atoms with Gasteiger partial charge in [-0.15, -0.1) is 0 Å². The van der Waals surface area contributed by atoms with Gasteiger partial charge in [0, 0.05) is 0 Å². The van der Waals surface area contributed by atoms with Crippen molar-refractivity contribution in [2.24, 2.45) is 34.5 Å². The Balaban J connectivity index is 5.27. The Labute approximate surface area is 142 Å². The Morgan fingerprint density at radius 1 is 0.955 bits per heavy atom. The van der Waals surface area contributed by atoms with Gasteiger partial charge < -0.3 is 0 Å². The summed E-state index contributed by atoms with van der Waals surface area (Å²) >= 11 is 0. The van der Waals surface area contributed by atoms with Crippen LogP contribution in [-0.4, -0.2) is 0 Å². The third kappa shape index (κ3) is 5.74. The first-order valence-electron chi connectivity index (χ1n) is 9.65. The Kier molecular flexibility index (Phi) is 9.03. The van der Waals surface area contributed by atoms with Crippen molar-refractivity contribution in [3.63, 3.8) is 0 Å². The minimum absolute atomic E-state index is 0.267. The van der Waals surface area contributed by atoms with Crippen LogP contribution in [0, 0.1) is 34.5 Å². The summed E-state index contributed by atoms with van der Waals surface area (Å²) in [7, 11) is 0. The van der Waals surface area contributed by atoms with E-state index in [0.29, 0.717) is 11.3 Å². The second-order valence-electron chi connectivity index (χ2n) is 9.11. The zero-order valence-corrected chi connectivity index (χ0v) is 17.3. The van der Waals surface area contributed by atoms with Crippen molar-refractivity contribution < 1.29 is 0 Å². The predicted molar refractivity (Wildman–Crippen MR) is 103 cm³/mol. The van der Waals surface area contributed by atoms with Gasteiger partial charge in [0.1, 0.15) is 0 Å². The van der Waals surface area contributed by atoms with Crippen molar-refractivity contribution in [1.29, 1.82) is 0 Å². The van der Waals surface area contributed by atoms with Crippen LogP contribution in [-0.2, 0) is 0 Å². The molecule has 0 fully saturated rings. The fourth-order valence-corrected chi connectivity index (χ4v) is 3.96.